The highest BCUT2D eigenvalue weighted by Gasteiger charge is 2.15. The molecule has 0 spiro atoms. The first-order chi connectivity index (χ1) is 13.5. The number of nitrogens with zero attached hydrogens (tertiary/aromatic N) is 2. The molecule has 2 aromatic heterocycles. The lowest BCUT2D eigenvalue weighted by Crippen LogP contribution is -2.21. The van der Waals surface area contributed by atoms with Gasteiger partial charge in [-0.3, -0.25) is 10.1 Å². The van der Waals surface area contributed by atoms with E-state index >= 15 is 0 Å². The minimum atomic E-state index is -0.508. The third-order valence-corrected chi connectivity index (χ3v) is 4.75. The zero-order valence-corrected chi connectivity index (χ0v) is 15.6. The van der Waals surface area contributed by atoms with Crippen LogP contribution in [-0.2, 0) is 0 Å². The van der Waals surface area contributed by atoms with Crippen LogP contribution in [0.4, 0.5) is 15.2 Å². The van der Waals surface area contributed by atoms with Crippen LogP contribution in [0.25, 0.3) is 11.0 Å². The Bertz CT molecular complexity index is 1260. The van der Waals surface area contributed by atoms with Crippen molar-refractivity contribution in [2.24, 2.45) is 4.99 Å². The van der Waals surface area contributed by atoms with Crippen LogP contribution in [-0.4, -0.2) is 16.0 Å². The molecule has 0 atom stereocenters. The molecule has 1 amide bonds. The van der Waals surface area contributed by atoms with Gasteiger partial charge >= 0.3 is 0 Å². The Morgan fingerprint density at radius 3 is 2.86 bits per heavy atom. The standard InChI is InChI=1S/C19H11ClFN3O3S/c20-14-8-11(21)2-4-15(14)23-18-13(17(26)24-19-22-5-6-28-19)7-10-1-3-12(25)9-16(10)27-18/h1-9,25H,(H,22,24,26). The van der Waals surface area contributed by atoms with E-state index in [9.17, 15) is 14.3 Å². The Morgan fingerprint density at radius 2 is 2.11 bits per heavy atom. The molecule has 0 saturated carbocycles. The molecule has 9 heteroatoms. The maximum atomic E-state index is 13.3. The number of nitrogens with one attached hydrogen (secondary N) is 1. The van der Waals surface area contributed by atoms with E-state index in [0.29, 0.717) is 16.1 Å². The summed E-state index contributed by atoms with van der Waals surface area (Å²) < 4.78 is 19.1. The van der Waals surface area contributed by atoms with Gasteiger partial charge in [-0.15, -0.1) is 11.3 Å². The van der Waals surface area contributed by atoms with Gasteiger partial charge in [0.05, 0.1) is 10.7 Å². The molecule has 6 nitrogen and oxygen atoms in total. The normalized spacial score (nSPS) is 11.7. The molecule has 2 heterocycles. The van der Waals surface area contributed by atoms with Gasteiger partial charge < -0.3 is 9.52 Å². The van der Waals surface area contributed by atoms with Crippen LogP contribution in [0.3, 0.4) is 0 Å². The Labute approximate surface area is 166 Å². The minimum absolute atomic E-state index is 0.00185. The minimum Gasteiger partial charge on any atom is -0.508 e. The van der Waals surface area contributed by atoms with Gasteiger partial charge in [0.2, 0.25) is 5.55 Å². The highest BCUT2D eigenvalue weighted by atomic mass is 35.5. The van der Waals surface area contributed by atoms with Crippen LogP contribution in [0, 0.1) is 5.82 Å². The average molecular weight is 416 g/mol. The van der Waals surface area contributed by atoms with Crippen LogP contribution < -0.4 is 10.9 Å². The lowest BCUT2D eigenvalue weighted by atomic mass is 10.1. The third-order valence-electron chi connectivity index (χ3n) is 3.76. The van der Waals surface area contributed by atoms with Crippen molar-refractivity contribution in [1.29, 1.82) is 0 Å². The quantitative estimate of drug-likeness (QED) is 0.499. The molecule has 0 aliphatic rings. The van der Waals surface area contributed by atoms with E-state index < -0.39 is 11.7 Å². The summed E-state index contributed by atoms with van der Waals surface area (Å²) in [6.45, 7) is 0. The number of aromatic hydroxyl groups is 1. The lowest BCUT2D eigenvalue weighted by Gasteiger charge is -2.06. The van der Waals surface area contributed by atoms with E-state index in [1.54, 1.807) is 23.7 Å². The SMILES string of the molecule is O=C(Nc1nccs1)c1cc2ccc(O)cc2oc1=Nc1ccc(F)cc1Cl. The first-order valence-corrected chi connectivity index (χ1v) is 9.23. The summed E-state index contributed by atoms with van der Waals surface area (Å²) in [6, 6.07) is 9.77. The molecule has 0 aliphatic heterocycles. The van der Waals surface area contributed by atoms with Crippen LogP contribution in [0.2, 0.25) is 5.02 Å². The predicted octanol–water partition coefficient (Wildman–Crippen LogP) is 4.87. The van der Waals surface area contributed by atoms with Gasteiger partial charge in [0.25, 0.3) is 5.91 Å². The van der Waals surface area contributed by atoms with Crippen LogP contribution in [0.1, 0.15) is 10.4 Å². The fourth-order valence-corrected chi connectivity index (χ4v) is 3.22. The zero-order valence-electron chi connectivity index (χ0n) is 14.0. The molecular formula is C19H11ClFN3O3S. The molecule has 28 heavy (non-hydrogen) atoms. The number of hydrogen-bond donors (Lipinski definition) is 2. The van der Waals surface area contributed by atoms with E-state index in [-0.39, 0.29) is 27.6 Å². The van der Waals surface area contributed by atoms with E-state index in [4.69, 9.17) is 16.0 Å². The summed E-state index contributed by atoms with van der Waals surface area (Å²) in [5.74, 6) is -0.987. The molecule has 2 aromatic carbocycles. The highest BCUT2D eigenvalue weighted by molar-refractivity contribution is 7.13. The summed E-state index contributed by atoms with van der Waals surface area (Å²) in [5.41, 5.74) is 0.645. The van der Waals surface area contributed by atoms with Gasteiger partial charge in [0.1, 0.15) is 22.7 Å². The number of phenols is 1. The average Bonchev–Trinajstić information content (AvgIpc) is 3.16. The molecule has 0 saturated heterocycles. The number of aromatic nitrogens is 1. The van der Waals surface area contributed by atoms with Gasteiger partial charge in [-0.2, -0.15) is 0 Å². The van der Waals surface area contributed by atoms with Gasteiger partial charge in [-0.1, -0.05) is 11.6 Å². The van der Waals surface area contributed by atoms with Gasteiger partial charge in [-0.25, -0.2) is 14.4 Å². The number of amides is 1. The van der Waals surface area contributed by atoms with Crippen LogP contribution >= 0.6 is 22.9 Å². The Kier molecular flexibility index (Phi) is 4.81. The molecule has 0 radical (unpaired) electrons. The second-order valence-electron chi connectivity index (χ2n) is 5.69. The van der Waals surface area contributed by atoms with Crippen LogP contribution in [0.5, 0.6) is 5.75 Å². The van der Waals surface area contributed by atoms with Crippen LogP contribution in [0.15, 0.2) is 63.5 Å². The van der Waals surface area contributed by atoms with Crippen molar-refractivity contribution in [2.75, 3.05) is 5.32 Å². The second kappa shape index (κ2) is 7.41. The molecule has 140 valence electrons. The number of phenolic OH excluding ortho intramolecular Hbond substituents is 1. The predicted molar refractivity (Wildman–Crippen MR) is 105 cm³/mol. The molecule has 0 bridgehead atoms. The molecule has 4 rings (SSSR count). The summed E-state index contributed by atoms with van der Waals surface area (Å²) in [6.07, 6.45) is 1.57. The number of benzene rings is 2. The van der Waals surface area contributed by atoms with Crippen molar-refractivity contribution >= 4 is 50.6 Å². The Balaban J connectivity index is 1.90. The van der Waals surface area contributed by atoms with Gasteiger partial charge in [0, 0.05) is 23.0 Å². The Morgan fingerprint density at radius 1 is 1.25 bits per heavy atom. The summed E-state index contributed by atoms with van der Waals surface area (Å²) in [5, 5.41) is 15.2. The summed E-state index contributed by atoms with van der Waals surface area (Å²) in [7, 11) is 0. The van der Waals surface area contributed by atoms with Gasteiger partial charge in [0.15, 0.2) is 5.13 Å². The van der Waals surface area contributed by atoms with Crippen molar-refractivity contribution in [3.05, 3.63) is 76.0 Å². The highest BCUT2D eigenvalue weighted by Crippen LogP contribution is 2.26. The summed E-state index contributed by atoms with van der Waals surface area (Å²) in [4.78, 5) is 21.1. The van der Waals surface area contributed by atoms with E-state index in [1.165, 1.54) is 35.6 Å². The third kappa shape index (κ3) is 3.73. The van der Waals surface area contributed by atoms with Crippen molar-refractivity contribution in [1.82, 2.24) is 4.98 Å². The first-order valence-electron chi connectivity index (χ1n) is 7.97. The number of fused-ring (bicyclic) bond motifs is 1. The molecule has 2 N–H and O–H groups in total. The molecule has 0 unspecified atom stereocenters. The number of anilines is 1. The largest absolute Gasteiger partial charge is 0.508 e. The number of hydrogen-bond acceptors (Lipinski definition) is 6. The maximum Gasteiger partial charge on any atom is 0.262 e. The molecular weight excluding hydrogens is 405 g/mol. The fraction of sp³-hybridized carbons (Fsp3) is 0. The number of rotatable bonds is 3. The monoisotopic (exact) mass is 415 g/mol. The maximum absolute atomic E-state index is 13.3. The zero-order chi connectivity index (χ0) is 19.7. The number of halogens is 2. The number of thiazole rings is 1. The Hall–Kier alpha value is -3.23. The van der Waals surface area contributed by atoms with Crippen molar-refractivity contribution in [3.63, 3.8) is 0 Å². The van der Waals surface area contributed by atoms with Crippen molar-refractivity contribution < 1.29 is 18.7 Å². The number of carbonyl (C=O) groups excluding carboxylic acids is 1. The topological polar surface area (TPSA) is 87.7 Å². The summed E-state index contributed by atoms with van der Waals surface area (Å²) >= 11 is 7.31. The molecule has 4 aromatic rings. The smallest absolute Gasteiger partial charge is 0.262 e. The van der Waals surface area contributed by atoms with Crippen molar-refractivity contribution in [3.8, 4) is 5.75 Å². The van der Waals surface area contributed by atoms with E-state index in [1.807, 2.05) is 0 Å². The fourth-order valence-electron chi connectivity index (χ4n) is 2.48. The number of carbonyl (C=O) groups is 1. The van der Waals surface area contributed by atoms with E-state index in [0.717, 1.165) is 6.07 Å². The van der Waals surface area contributed by atoms with E-state index in [2.05, 4.69) is 15.3 Å². The first kappa shape index (κ1) is 18.1. The van der Waals surface area contributed by atoms with Gasteiger partial charge in [-0.05, 0) is 36.4 Å². The molecule has 0 fully saturated rings. The lowest BCUT2D eigenvalue weighted by molar-refractivity contribution is 0.102. The second-order valence-corrected chi connectivity index (χ2v) is 6.99. The van der Waals surface area contributed by atoms with Crippen molar-refractivity contribution in [2.45, 2.75) is 0 Å². The molecule has 0 aliphatic carbocycles.